The third kappa shape index (κ3) is 5.25. The molecule has 1 saturated carbocycles. The molecule has 3 heterocycles. The fourth-order valence-corrected chi connectivity index (χ4v) is 5.46. The Hall–Kier alpha value is -3.73. The molecule has 0 radical (unpaired) electrons. The highest BCUT2D eigenvalue weighted by molar-refractivity contribution is 7.99. The zero-order chi connectivity index (χ0) is 25.1. The maximum Gasteiger partial charge on any atom is 0.303 e. The molecule has 10 nitrogen and oxygen atoms in total. The number of benzene rings is 1. The molecule has 5 rings (SSSR count). The molecule has 2 aromatic heterocycles. The second kappa shape index (κ2) is 10.5. The molecule has 36 heavy (non-hydrogen) atoms. The molecular formula is C25H26N6O4S. The van der Waals surface area contributed by atoms with Crippen molar-refractivity contribution in [3.8, 4) is 5.88 Å². The van der Waals surface area contributed by atoms with Crippen molar-refractivity contribution in [3.05, 3.63) is 53.9 Å². The van der Waals surface area contributed by atoms with Crippen LogP contribution in [0.25, 0.3) is 0 Å². The van der Waals surface area contributed by atoms with Gasteiger partial charge in [-0.2, -0.15) is 4.98 Å². The normalized spacial score (nSPS) is 19.8. The number of nitrogens with zero attached hydrogens (tertiary/aromatic N) is 5. The lowest BCUT2D eigenvalue weighted by molar-refractivity contribution is -0.138. The van der Waals surface area contributed by atoms with Crippen LogP contribution in [-0.2, 0) is 4.79 Å². The monoisotopic (exact) mass is 506 g/mol. The number of carboxylic acid groups (broad SMARTS) is 1. The van der Waals surface area contributed by atoms with Crippen molar-refractivity contribution in [2.75, 3.05) is 23.8 Å². The van der Waals surface area contributed by atoms with Gasteiger partial charge >= 0.3 is 5.97 Å². The summed E-state index contributed by atoms with van der Waals surface area (Å²) in [6, 6.07) is 9.70. The lowest BCUT2D eigenvalue weighted by Crippen LogP contribution is -2.32. The van der Waals surface area contributed by atoms with E-state index in [9.17, 15) is 9.59 Å². The molecule has 186 valence electrons. The van der Waals surface area contributed by atoms with Gasteiger partial charge in [0, 0.05) is 24.5 Å². The number of aliphatic carboxylic acids is 1. The summed E-state index contributed by atoms with van der Waals surface area (Å²) in [5, 5.41) is 9.81. The number of anilines is 2. The maximum atomic E-state index is 13.4. The van der Waals surface area contributed by atoms with Crippen LogP contribution in [0.5, 0.6) is 5.88 Å². The van der Waals surface area contributed by atoms with E-state index in [2.05, 4.69) is 32.1 Å². The molecular weight excluding hydrogens is 480 g/mol. The minimum Gasteiger partial charge on any atom is -0.481 e. The number of rotatable bonds is 6. The van der Waals surface area contributed by atoms with E-state index in [-0.39, 0.29) is 42.1 Å². The first-order valence-electron chi connectivity index (χ1n) is 11.9. The Bertz CT molecular complexity index is 1250. The van der Waals surface area contributed by atoms with Gasteiger partial charge in [-0.3, -0.25) is 9.59 Å². The fourth-order valence-electron chi connectivity index (χ4n) is 4.80. The molecule has 11 heteroatoms. The van der Waals surface area contributed by atoms with Gasteiger partial charge in [0.1, 0.15) is 18.0 Å². The molecule has 1 fully saturated rings. The number of carbonyl (C=O) groups is 2. The number of nitrogen functional groups attached to an aromatic ring is 1. The lowest BCUT2D eigenvalue weighted by atomic mass is 9.77. The number of nitrogens with two attached hydrogens (primary N) is 1. The topological polar surface area (TPSA) is 144 Å². The van der Waals surface area contributed by atoms with E-state index in [1.807, 2.05) is 12.1 Å². The molecule has 0 spiro atoms. The van der Waals surface area contributed by atoms with Gasteiger partial charge in [0.25, 0.3) is 5.91 Å². The van der Waals surface area contributed by atoms with Crippen LogP contribution in [0, 0.1) is 5.92 Å². The van der Waals surface area contributed by atoms with Crippen LogP contribution >= 0.6 is 11.8 Å². The van der Waals surface area contributed by atoms with Crippen molar-refractivity contribution in [2.24, 2.45) is 5.92 Å². The van der Waals surface area contributed by atoms with E-state index in [0.717, 1.165) is 43.1 Å². The summed E-state index contributed by atoms with van der Waals surface area (Å²) in [4.78, 5) is 43.0. The van der Waals surface area contributed by atoms with Crippen LogP contribution < -0.4 is 15.4 Å². The number of fused-ring (bicyclic) bond motifs is 1. The van der Waals surface area contributed by atoms with E-state index in [1.165, 1.54) is 5.56 Å². The summed E-state index contributed by atoms with van der Waals surface area (Å²) in [6.07, 6.45) is 7.29. The predicted molar refractivity (Wildman–Crippen MR) is 133 cm³/mol. The molecule has 1 amide bonds. The number of hydrogen-bond donors (Lipinski definition) is 2. The van der Waals surface area contributed by atoms with Crippen LogP contribution in [0.1, 0.15) is 53.9 Å². The van der Waals surface area contributed by atoms with Crippen molar-refractivity contribution < 1.29 is 19.4 Å². The smallest absolute Gasteiger partial charge is 0.303 e. The molecule has 0 atom stereocenters. The van der Waals surface area contributed by atoms with Gasteiger partial charge in [-0.25, -0.2) is 15.0 Å². The van der Waals surface area contributed by atoms with E-state index in [4.69, 9.17) is 15.6 Å². The summed E-state index contributed by atoms with van der Waals surface area (Å²) >= 11 is 1.14. The lowest BCUT2D eigenvalue weighted by Gasteiger charge is -2.28. The van der Waals surface area contributed by atoms with Gasteiger partial charge in [0.15, 0.2) is 5.16 Å². The highest BCUT2D eigenvalue weighted by Gasteiger charge is 2.30. The molecule has 1 aliphatic carbocycles. The minimum atomic E-state index is -0.721. The van der Waals surface area contributed by atoms with Crippen molar-refractivity contribution in [3.63, 3.8) is 0 Å². The van der Waals surface area contributed by atoms with Gasteiger partial charge in [-0.1, -0.05) is 12.1 Å². The van der Waals surface area contributed by atoms with Crippen molar-refractivity contribution in [2.45, 2.75) is 48.3 Å². The Morgan fingerprint density at radius 3 is 2.50 bits per heavy atom. The van der Waals surface area contributed by atoms with Crippen molar-refractivity contribution >= 4 is 35.1 Å². The minimum absolute atomic E-state index is 0.0464. The Balaban J connectivity index is 1.31. The average molecular weight is 507 g/mol. The Labute approximate surface area is 212 Å². The van der Waals surface area contributed by atoms with Gasteiger partial charge in [-0.05, 0) is 73.0 Å². The highest BCUT2D eigenvalue weighted by Crippen LogP contribution is 2.38. The fraction of sp³-hybridized carbons (Fsp3) is 0.360. The quantitative estimate of drug-likeness (QED) is 0.474. The van der Waals surface area contributed by atoms with E-state index in [0.29, 0.717) is 22.8 Å². The molecule has 0 bridgehead atoms. The molecule has 0 unspecified atom stereocenters. The first-order chi connectivity index (χ1) is 17.5. The summed E-state index contributed by atoms with van der Waals surface area (Å²) in [6.45, 7) is 0.606. The van der Waals surface area contributed by atoms with Crippen LogP contribution in [0.2, 0.25) is 0 Å². The van der Waals surface area contributed by atoms with E-state index < -0.39 is 5.97 Å². The Morgan fingerprint density at radius 2 is 1.81 bits per heavy atom. The SMILES string of the molecule is Nc1nc(Sc2ncccn2)nc2c1C(=O)N(c1ccc([C@H]3CC[C@H](CC(=O)O)CC3)cc1)CCO2. The molecule has 2 aliphatic rings. The molecule has 3 aromatic rings. The predicted octanol–water partition coefficient (Wildman–Crippen LogP) is 3.79. The van der Waals surface area contributed by atoms with Crippen LogP contribution in [0.3, 0.4) is 0 Å². The summed E-state index contributed by atoms with van der Waals surface area (Å²) in [7, 11) is 0. The van der Waals surface area contributed by atoms with Crippen molar-refractivity contribution in [1.29, 1.82) is 0 Å². The van der Waals surface area contributed by atoms with Gasteiger partial charge in [-0.15, -0.1) is 0 Å². The van der Waals surface area contributed by atoms with Crippen LogP contribution in [0.4, 0.5) is 11.5 Å². The standard InChI is InChI=1S/C25H26N6O4S/c26-21-20-22(30-25(29-21)36-24-27-10-1-11-28-24)35-13-12-31(23(20)34)18-8-6-17(7-9-18)16-4-2-15(3-5-16)14-19(32)33/h1,6-11,15-16H,2-5,12-14H2,(H,32,33)(H2,26,29,30)/t15-,16-. The van der Waals surface area contributed by atoms with Crippen LogP contribution in [0.15, 0.2) is 53.0 Å². The van der Waals surface area contributed by atoms with E-state index >= 15 is 0 Å². The van der Waals surface area contributed by atoms with Gasteiger partial charge in [0.05, 0.1) is 6.54 Å². The molecule has 3 N–H and O–H groups in total. The number of carbonyl (C=O) groups excluding carboxylic acids is 1. The second-order valence-electron chi connectivity index (χ2n) is 8.92. The maximum absolute atomic E-state index is 13.4. The number of hydrogen-bond acceptors (Lipinski definition) is 9. The van der Waals surface area contributed by atoms with Crippen LogP contribution in [-0.4, -0.2) is 50.1 Å². The summed E-state index contributed by atoms with van der Waals surface area (Å²) < 4.78 is 5.80. The van der Waals surface area contributed by atoms with Gasteiger partial charge in [0.2, 0.25) is 11.0 Å². The first kappa shape index (κ1) is 24.0. The van der Waals surface area contributed by atoms with E-state index in [1.54, 1.807) is 23.4 Å². The first-order valence-corrected chi connectivity index (χ1v) is 12.7. The Morgan fingerprint density at radius 1 is 1.08 bits per heavy atom. The molecule has 1 aliphatic heterocycles. The number of ether oxygens (including phenoxy) is 1. The molecule has 1 aromatic carbocycles. The van der Waals surface area contributed by atoms with Crippen molar-refractivity contribution in [1.82, 2.24) is 19.9 Å². The Kier molecular flexibility index (Phi) is 6.99. The zero-order valence-electron chi connectivity index (χ0n) is 19.5. The molecule has 0 saturated heterocycles. The summed E-state index contributed by atoms with van der Waals surface area (Å²) in [5.74, 6) is -0.162. The highest BCUT2D eigenvalue weighted by atomic mass is 32.2. The second-order valence-corrected chi connectivity index (χ2v) is 9.85. The van der Waals surface area contributed by atoms with Gasteiger partial charge < -0.3 is 20.5 Å². The number of amides is 1. The number of carboxylic acids is 1. The zero-order valence-corrected chi connectivity index (χ0v) is 20.4. The third-order valence-corrected chi connectivity index (χ3v) is 7.37. The largest absolute Gasteiger partial charge is 0.481 e. The third-order valence-electron chi connectivity index (χ3n) is 6.61. The number of aromatic nitrogens is 4. The summed E-state index contributed by atoms with van der Waals surface area (Å²) in [5.41, 5.74) is 8.29. The average Bonchev–Trinajstić information content (AvgIpc) is 3.04.